The molecule has 0 rings (SSSR count). The first kappa shape index (κ1) is 10.1. The van der Waals surface area contributed by atoms with Crippen molar-refractivity contribution in [2.75, 3.05) is 6.54 Å². The number of nitrogens with zero attached hydrogens (tertiary/aromatic N) is 1. The molecule has 0 heterocycles. The first-order valence-corrected chi connectivity index (χ1v) is 3.97. The summed E-state index contributed by atoms with van der Waals surface area (Å²) in [5.74, 6) is 0.478. The monoisotopic (exact) mass is 154 g/mol. The number of hydrogen-bond acceptors (Lipinski definition) is 2. The SMILES string of the molecule is C=C(C(C)C)N(/C=C\N)CC. The molecule has 0 saturated carbocycles. The van der Waals surface area contributed by atoms with Crippen LogP contribution in [0.5, 0.6) is 0 Å². The Morgan fingerprint density at radius 3 is 2.45 bits per heavy atom. The molecule has 2 nitrogen and oxygen atoms in total. The standard InChI is InChI=1S/C9H18N2/c1-5-11(7-6-10)9(4)8(2)3/h6-8H,4-5,10H2,1-3H3/b7-6-. The van der Waals surface area contributed by atoms with E-state index in [1.54, 1.807) is 0 Å². The second-order valence-electron chi connectivity index (χ2n) is 2.77. The Balaban J connectivity index is 4.14. The molecule has 64 valence electrons. The molecular formula is C9H18N2. The van der Waals surface area contributed by atoms with Crippen molar-refractivity contribution in [3.8, 4) is 0 Å². The Bertz CT molecular complexity index is 148. The van der Waals surface area contributed by atoms with Crippen LogP contribution in [0.25, 0.3) is 0 Å². The van der Waals surface area contributed by atoms with Crippen molar-refractivity contribution < 1.29 is 0 Å². The minimum absolute atomic E-state index is 0.478. The van der Waals surface area contributed by atoms with Crippen LogP contribution in [0.1, 0.15) is 20.8 Å². The molecule has 0 aliphatic heterocycles. The van der Waals surface area contributed by atoms with Crippen LogP contribution in [-0.2, 0) is 0 Å². The molecular weight excluding hydrogens is 136 g/mol. The van der Waals surface area contributed by atoms with E-state index in [1.807, 2.05) is 11.1 Å². The fraction of sp³-hybridized carbons (Fsp3) is 0.556. The van der Waals surface area contributed by atoms with Gasteiger partial charge < -0.3 is 10.6 Å². The van der Waals surface area contributed by atoms with Crippen molar-refractivity contribution in [3.63, 3.8) is 0 Å². The number of allylic oxidation sites excluding steroid dienone is 1. The van der Waals surface area contributed by atoms with E-state index in [1.165, 1.54) is 6.20 Å². The predicted molar refractivity (Wildman–Crippen MR) is 49.7 cm³/mol. The molecule has 0 spiro atoms. The molecule has 0 saturated heterocycles. The van der Waals surface area contributed by atoms with Gasteiger partial charge in [0.25, 0.3) is 0 Å². The van der Waals surface area contributed by atoms with E-state index in [4.69, 9.17) is 5.73 Å². The number of hydrogen-bond donors (Lipinski definition) is 1. The van der Waals surface area contributed by atoms with Crippen LogP contribution in [0.2, 0.25) is 0 Å². The highest BCUT2D eigenvalue weighted by molar-refractivity contribution is 5.01. The summed E-state index contributed by atoms with van der Waals surface area (Å²) >= 11 is 0. The lowest BCUT2D eigenvalue weighted by Gasteiger charge is -2.23. The lowest BCUT2D eigenvalue weighted by Crippen LogP contribution is -2.19. The van der Waals surface area contributed by atoms with Crippen molar-refractivity contribution in [1.29, 1.82) is 0 Å². The Morgan fingerprint density at radius 2 is 2.18 bits per heavy atom. The van der Waals surface area contributed by atoms with Crippen molar-refractivity contribution in [2.45, 2.75) is 20.8 Å². The number of nitrogens with two attached hydrogens (primary N) is 1. The quantitative estimate of drug-likeness (QED) is 0.670. The minimum atomic E-state index is 0.478. The average molecular weight is 154 g/mol. The van der Waals surface area contributed by atoms with Crippen LogP contribution >= 0.6 is 0 Å². The highest BCUT2D eigenvalue weighted by atomic mass is 15.1. The van der Waals surface area contributed by atoms with Gasteiger partial charge in [0, 0.05) is 24.6 Å². The van der Waals surface area contributed by atoms with Gasteiger partial charge in [-0.25, -0.2) is 0 Å². The smallest absolute Gasteiger partial charge is 0.0194 e. The highest BCUT2D eigenvalue weighted by Crippen LogP contribution is 2.12. The minimum Gasteiger partial charge on any atom is -0.403 e. The lowest BCUT2D eigenvalue weighted by atomic mass is 10.1. The van der Waals surface area contributed by atoms with Gasteiger partial charge in [-0.05, 0) is 12.8 Å². The maximum absolute atomic E-state index is 5.28. The van der Waals surface area contributed by atoms with Crippen LogP contribution in [0, 0.1) is 5.92 Å². The van der Waals surface area contributed by atoms with E-state index < -0.39 is 0 Å². The molecule has 0 aromatic heterocycles. The van der Waals surface area contributed by atoms with Crippen molar-refractivity contribution in [1.82, 2.24) is 4.90 Å². The lowest BCUT2D eigenvalue weighted by molar-refractivity contribution is 0.435. The fourth-order valence-corrected chi connectivity index (χ4v) is 0.840. The van der Waals surface area contributed by atoms with E-state index >= 15 is 0 Å². The zero-order valence-corrected chi connectivity index (χ0v) is 7.67. The van der Waals surface area contributed by atoms with Gasteiger partial charge in [-0.1, -0.05) is 20.4 Å². The zero-order valence-electron chi connectivity index (χ0n) is 7.67. The van der Waals surface area contributed by atoms with Crippen LogP contribution in [0.3, 0.4) is 0 Å². The average Bonchev–Trinajstić information content (AvgIpc) is 1.98. The predicted octanol–water partition coefficient (Wildman–Crippen LogP) is 1.91. The van der Waals surface area contributed by atoms with Gasteiger partial charge in [0.05, 0.1) is 0 Å². The first-order chi connectivity index (χ1) is 5.13. The summed E-state index contributed by atoms with van der Waals surface area (Å²) in [5.41, 5.74) is 6.39. The second kappa shape index (κ2) is 4.83. The van der Waals surface area contributed by atoms with E-state index in [9.17, 15) is 0 Å². The van der Waals surface area contributed by atoms with Gasteiger partial charge in [0.15, 0.2) is 0 Å². The van der Waals surface area contributed by atoms with Crippen LogP contribution in [0.15, 0.2) is 24.7 Å². The molecule has 0 amide bonds. The third kappa shape index (κ3) is 3.12. The van der Waals surface area contributed by atoms with E-state index in [-0.39, 0.29) is 0 Å². The van der Waals surface area contributed by atoms with E-state index in [0.29, 0.717) is 5.92 Å². The van der Waals surface area contributed by atoms with E-state index in [0.717, 1.165) is 12.2 Å². The molecule has 11 heavy (non-hydrogen) atoms. The summed E-state index contributed by atoms with van der Waals surface area (Å²) in [4.78, 5) is 2.05. The molecule has 0 aliphatic carbocycles. The summed E-state index contributed by atoms with van der Waals surface area (Å²) in [5, 5.41) is 0. The topological polar surface area (TPSA) is 29.3 Å². The summed E-state index contributed by atoms with van der Waals surface area (Å²) in [7, 11) is 0. The molecule has 0 fully saturated rings. The molecule has 2 heteroatoms. The normalized spacial score (nSPS) is 10.9. The number of rotatable bonds is 4. The molecule has 0 aliphatic rings. The third-order valence-electron chi connectivity index (χ3n) is 1.64. The van der Waals surface area contributed by atoms with Gasteiger partial charge in [-0.2, -0.15) is 0 Å². The largest absolute Gasteiger partial charge is 0.403 e. The van der Waals surface area contributed by atoms with Crippen molar-refractivity contribution in [3.05, 3.63) is 24.7 Å². The molecule has 0 radical (unpaired) electrons. The summed E-state index contributed by atoms with van der Waals surface area (Å²) < 4.78 is 0. The Morgan fingerprint density at radius 1 is 1.64 bits per heavy atom. The van der Waals surface area contributed by atoms with Gasteiger partial charge in [-0.15, -0.1) is 0 Å². The Labute approximate surface area is 69.4 Å². The van der Waals surface area contributed by atoms with Crippen LogP contribution in [-0.4, -0.2) is 11.4 Å². The third-order valence-corrected chi connectivity index (χ3v) is 1.64. The van der Waals surface area contributed by atoms with Gasteiger partial charge >= 0.3 is 0 Å². The molecule has 0 aromatic rings. The molecule has 0 unspecified atom stereocenters. The fourth-order valence-electron chi connectivity index (χ4n) is 0.840. The van der Waals surface area contributed by atoms with Gasteiger partial charge in [-0.3, -0.25) is 0 Å². The molecule has 0 aromatic carbocycles. The van der Waals surface area contributed by atoms with Crippen molar-refractivity contribution in [2.24, 2.45) is 11.7 Å². The molecule has 0 atom stereocenters. The van der Waals surface area contributed by atoms with Crippen LogP contribution in [0.4, 0.5) is 0 Å². The second-order valence-corrected chi connectivity index (χ2v) is 2.77. The highest BCUT2D eigenvalue weighted by Gasteiger charge is 2.04. The van der Waals surface area contributed by atoms with Gasteiger partial charge in [0.2, 0.25) is 0 Å². The summed E-state index contributed by atoms with van der Waals surface area (Å²) in [6, 6.07) is 0. The Kier molecular flexibility index (Phi) is 4.42. The molecule has 0 bridgehead atoms. The van der Waals surface area contributed by atoms with Crippen molar-refractivity contribution >= 4 is 0 Å². The summed E-state index contributed by atoms with van der Waals surface area (Å²) in [6.07, 6.45) is 3.39. The van der Waals surface area contributed by atoms with Crippen LogP contribution < -0.4 is 5.73 Å². The maximum atomic E-state index is 5.28. The first-order valence-electron chi connectivity index (χ1n) is 3.97. The maximum Gasteiger partial charge on any atom is 0.0194 e. The molecule has 2 N–H and O–H groups in total. The van der Waals surface area contributed by atoms with Gasteiger partial charge in [0.1, 0.15) is 0 Å². The Hall–Kier alpha value is -0.920. The zero-order chi connectivity index (χ0) is 8.85. The van der Waals surface area contributed by atoms with E-state index in [2.05, 4.69) is 27.4 Å². The summed E-state index contributed by atoms with van der Waals surface area (Å²) in [6.45, 7) is 11.2.